The average molecular weight is 319 g/mol. The molecule has 1 heterocycles. The molecular formula is C17H23N2O4+. The van der Waals surface area contributed by atoms with E-state index in [4.69, 9.17) is 4.74 Å². The third-order valence-electron chi connectivity index (χ3n) is 4.18. The van der Waals surface area contributed by atoms with Crippen LogP contribution < -0.4 is 9.80 Å². The largest absolute Gasteiger partial charge is 0.462 e. The van der Waals surface area contributed by atoms with Gasteiger partial charge in [-0.15, -0.1) is 0 Å². The first-order valence-electron chi connectivity index (χ1n) is 8.01. The summed E-state index contributed by atoms with van der Waals surface area (Å²) in [6.07, 6.45) is 0.232. The highest BCUT2D eigenvalue weighted by Gasteiger charge is 2.44. The Balaban J connectivity index is 2.20. The molecule has 0 aromatic heterocycles. The molecule has 2 rings (SSSR count). The molecular weight excluding hydrogens is 296 g/mol. The number of nitrogens with one attached hydrogen (secondary N) is 1. The maximum Gasteiger partial charge on any atom is 0.338 e. The maximum atomic E-state index is 12.6. The van der Waals surface area contributed by atoms with Gasteiger partial charge in [0.1, 0.15) is 0 Å². The summed E-state index contributed by atoms with van der Waals surface area (Å²) in [5, 5.41) is 0. The summed E-state index contributed by atoms with van der Waals surface area (Å²) in [5.74, 6) is -0.774. The molecule has 23 heavy (non-hydrogen) atoms. The third-order valence-corrected chi connectivity index (χ3v) is 4.18. The highest BCUT2D eigenvalue weighted by atomic mass is 16.5. The Labute approximate surface area is 136 Å². The van der Waals surface area contributed by atoms with Crippen molar-refractivity contribution < 1.29 is 24.0 Å². The number of benzene rings is 1. The average Bonchev–Trinajstić information content (AvgIpc) is 2.84. The molecule has 6 nitrogen and oxygen atoms in total. The summed E-state index contributed by atoms with van der Waals surface area (Å²) in [5.41, 5.74) is 0.905. The van der Waals surface area contributed by atoms with E-state index in [2.05, 4.69) is 0 Å². The lowest BCUT2D eigenvalue weighted by Gasteiger charge is -2.21. The molecule has 1 fully saturated rings. The zero-order chi connectivity index (χ0) is 17.0. The summed E-state index contributed by atoms with van der Waals surface area (Å²) in [4.78, 5) is 38.8. The molecule has 1 aliphatic rings. The van der Waals surface area contributed by atoms with E-state index in [9.17, 15) is 14.4 Å². The summed E-state index contributed by atoms with van der Waals surface area (Å²) in [6, 6.07) is 6.06. The van der Waals surface area contributed by atoms with Gasteiger partial charge < -0.3 is 9.64 Å². The fourth-order valence-corrected chi connectivity index (χ4v) is 2.93. The van der Waals surface area contributed by atoms with Gasteiger partial charge in [0, 0.05) is 0 Å². The summed E-state index contributed by atoms with van der Waals surface area (Å²) in [7, 11) is 0. The van der Waals surface area contributed by atoms with E-state index < -0.39 is 5.97 Å². The Morgan fingerprint density at radius 2 is 1.78 bits per heavy atom. The SMILES string of the molecule is CCOC(=O)c1ccc(N2C(=O)C[C@@H]([NH+](CC)CC)C2=O)cc1. The van der Waals surface area contributed by atoms with Crippen LogP contribution in [-0.4, -0.2) is 43.5 Å². The second kappa shape index (κ2) is 7.37. The van der Waals surface area contributed by atoms with Crippen molar-refractivity contribution in [1.82, 2.24) is 0 Å². The van der Waals surface area contributed by atoms with E-state index in [0.717, 1.165) is 18.0 Å². The van der Waals surface area contributed by atoms with Crippen molar-refractivity contribution >= 4 is 23.5 Å². The van der Waals surface area contributed by atoms with Crippen molar-refractivity contribution in [1.29, 1.82) is 0 Å². The number of ether oxygens (including phenoxy) is 1. The monoisotopic (exact) mass is 319 g/mol. The minimum absolute atomic E-state index is 0.169. The van der Waals surface area contributed by atoms with Gasteiger partial charge in [0.2, 0.25) is 5.91 Å². The van der Waals surface area contributed by atoms with E-state index >= 15 is 0 Å². The van der Waals surface area contributed by atoms with Crippen LogP contribution in [0.3, 0.4) is 0 Å². The number of carbonyl (C=O) groups is 3. The van der Waals surface area contributed by atoms with E-state index in [1.165, 1.54) is 4.90 Å². The van der Waals surface area contributed by atoms with Crippen LogP contribution in [0.25, 0.3) is 0 Å². The molecule has 0 aliphatic carbocycles. The number of anilines is 1. The molecule has 1 aromatic rings. The zero-order valence-corrected chi connectivity index (χ0v) is 13.8. The summed E-state index contributed by atoms with van der Waals surface area (Å²) in [6.45, 7) is 7.66. The number of likely N-dealkylation sites (N-methyl/N-ethyl adjacent to an activating group) is 1. The topological polar surface area (TPSA) is 68.1 Å². The lowest BCUT2D eigenvalue weighted by molar-refractivity contribution is -0.911. The van der Waals surface area contributed by atoms with E-state index in [0.29, 0.717) is 17.9 Å². The first-order chi connectivity index (χ1) is 11.0. The number of esters is 1. The number of hydrogen-bond acceptors (Lipinski definition) is 4. The van der Waals surface area contributed by atoms with Crippen LogP contribution in [0, 0.1) is 0 Å². The van der Waals surface area contributed by atoms with E-state index in [1.807, 2.05) is 13.8 Å². The Morgan fingerprint density at radius 3 is 2.30 bits per heavy atom. The summed E-state index contributed by atoms with van der Waals surface area (Å²) < 4.78 is 4.92. The van der Waals surface area contributed by atoms with Crippen molar-refractivity contribution in [2.75, 3.05) is 24.6 Å². The van der Waals surface area contributed by atoms with Gasteiger partial charge in [-0.2, -0.15) is 0 Å². The fraction of sp³-hybridized carbons (Fsp3) is 0.471. The van der Waals surface area contributed by atoms with Crippen LogP contribution in [0.4, 0.5) is 5.69 Å². The Morgan fingerprint density at radius 1 is 1.17 bits per heavy atom. The first-order valence-corrected chi connectivity index (χ1v) is 8.01. The number of quaternary nitrogens is 1. The molecule has 1 N–H and O–H groups in total. The molecule has 0 unspecified atom stereocenters. The lowest BCUT2D eigenvalue weighted by Crippen LogP contribution is -3.16. The van der Waals surface area contributed by atoms with Gasteiger partial charge in [-0.3, -0.25) is 9.59 Å². The summed E-state index contributed by atoms with van der Waals surface area (Å²) >= 11 is 0. The quantitative estimate of drug-likeness (QED) is 0.609. The van der Waals surface area contributed by atoms with E-state index in [-0.39, 0.29) is 24.3 Å². The van der Waals surface area contributed by atoms with Gasteiger partial charge in [0.25, 0.3) is 5.91 Å². The number of carbonyl (C=O) groups excluding carboxylic acids is 3. The molecule has 1 atom stereocenters. The normalized spacial score (nSPS) is 17.9. The van der Waals surface area contributed by atoms with Gasteiger partial charge in [0.15, 0.2) is 6.04 Å². The highest BCUT2D eigenvalue weighted by molar-refractivity contribution is 6.21. The molecule has 0 spiro atoms. The van der Waals surface area contributed by atoms with Crippen molar-refractivity contribution in [2.45, 2.75) is 33.2 Å². The molecule has 1 aromatic carbocycles. The van der Waals surface area contributed by atoms with E-state index in [1.54, 1.807) is 31.2 Å². The predicted molar refractivity (Wildman–Crippen MR) is 85.3 cm³/mol. The van der Waals surface area contributed by atoms with Crippen LogP contribution in [-0.2, 0) is 14.3 Å². The van der Waals surface area contributed by atoms with Crippen molar-refractivity contribution in [3.05, 3.63) is 29.8 Å². The molecule has 0 radical (unpaired) electrons. The zero-order valence-electron chi connectivity index (χ0n) is 13.8. The Kier molecular flexibility index (Phi) is 5.50. The predicted octanol–water partition coefficient (Wildman–Crippen LogP) is 0.420. The number of hydrogen-bond donors (Lipinski definition) is 1. The first kappa shape index (κ1) is 17.1. The van der Waals surface area contributed by atoms with Gasteiger partial charge in [-0.25, -0.2) is 9.69 Å². The van der Waals surface area contributed by atoms with Crippen LogP contribution in [0.1, 0.15) is 37.6 Å². The van der Waals surface area contributed by atoms with Crippen molar-refractivity contribution in [3.8, 4) is 0 Å². The number of imide groups is 1. The molecule has 124 valence electrons. The minimum Gasteiger partial charge on any atom is -0.462 e. The maximum absolute atomic E-state index is 12.6. The van der Waals surface area contributed by atoms with Crippen LogP contribution >= 0.6 is 0 Å². The fourth-order valence-electron chi connectivity index (χ4n) is 2.93. The van der Waals surface area contributed by atoms with Gasteiger partial charge in [0.05, 0.1) is 37.4 Å². The third kappa shape index (κ3) is 3.42. The lowest BCUT2D eigenvalue weighted by atomic mass is 10.2. The molecule has 0 saturated carbocycles. The molecule has 1 aliphatic heterocycles. The second-order valence-corrected chi connectivity index (χ2v) is 5.46. The molecule has 0 bridgehead atoms. The van der Waals surface area contributed by atoms with Crippen LogP contribution in [0.5, 0.6) is 0 Å². The van der Waals surface area contributed by atoms with Gasteiger partial charge in [-0.05, 0) is 45.0 Å². The minimum atomic E-state index is -0.413. The Hall–Kier alpha value is -2.21. The number of nitrogens with zero attached hydrogens (tertiary/aromatic N) is 1. The number of rotatable bonds is 6. The van der Waals surface area contributed by atoms with Crippen molar-refractivity contribution in [2.24, 2.45) is 0 Å². The number of amides is 2. The molecule has 1 saturated heterocycles. The Bertz CT molecular complexity index is 593. The van der Waals surface area contributed by atoms with Crippen LogP contribution in [0.15, 0.2) is 24.3 Å². The molecule has 6 heteroatoms. The second-order valence-electron chi connectivity index (χ2n) is 5.46. The smallest absolute Gasteiger partial charge is 0.338 e. The molecule has 2 amide bonds. The van der Waals surface area contributed by atoms with Gasteiger partial charge in [-0.1, -0.05) is 0 Å². The van der Waals surface area contributed by atoms with Crippen molar-refractivity contribution in [3.63, 3.8) is 0 Å². The standard InChI is InChI=1S/C17H22N2O4/c1-4-18(5-2)14-11-15(20)19(16(14)21)13-9-7-12(8-10-13)17(22)23-6-3/h7-10,14H,4-6,11H2,1-3H3/p+1/t14-/m1/s1. The highest BCUT2D eigenvalue weighted by Crippen LogP contribution is 2.22. The van der Waals surface area contributed by atoms with Crippen LogP contribution in [0.2, 0.25) is 0 Å². The van der Waals surface area contributed by atoms with Gasteiger partial charge >= 0.3 is 5.97 Å².